The van der Waals surface area contributed by atoms with Gasteiger partial charge in [-0.2, -0.15) is 10.2 Å². The highest BCUT2D eigenvalue weighted by Crippen LogP contribution is 2.23. The van der Waals surface area contributed by atoms with Crippen LogP contribution in [0.25, 0.3) is 21.7 Å². The van der Waals surface area contributed by atoms with Crippen molar-refractivity contribution in [2.24, 2.45) is 9.98 Å². The lowest BCUT2D eigenvalue weighted by atomic mass is 10.0. The van der Waals surface area contributed by atoms with Crippen molar-refractivity contribution >= 4 is 45.0 Å². The highest BCUT2D eigenvalue weighted by atomic mass is 15.2. The Morgan fingerprint density at radius 2 is 1.22 bits per heavy atom. The molecule has 0 spiro atoms. The second-order valence-corrected chi connectivity index (χ2v) is 15.2. The Morgan fingerprint density at radius 3 is 1.84 bits per heavy atom. The van der Waals surface area contributed by atoms with Gasteiger partial charge in [0.25, 0.3) is 0 Å². The molecule has 320 valence electrons. The Kier molecular flexibility index (Phi) is 15.0. The molecule has 1 atom stereocenters. The van der Waals surface area contributed by atoms with Gasteiger partial charge in [-0.1, -0.05) is 117 Å². The van der Waals surface area contributed by atoms with Gasteiger partial charge in [-0.05, 0) is 97.3 Å². The highest BCUT2D eigenvalue weighted by Gasteiger charge is 2.13. The summed E-state index contributed by atoms with van der Waals surface area (Å²) in [5.74, 6) is 4.83. The maximum Gasteiger partial charge on any atom is 0.141 e. The first-order valence-corrected chi connectivity index (χ1v) is 21.6. The number of benzene rings is 5. The number of allylic oxidation sites excluding steroid dienone is 2. The van der Waals surface area contributed by atoms with Crippen molar-refractivity contribution in [2.75, 3.05) is 17.2 Å². The average molecular weight is 836 g/mol. The quantitative estimate of drug-likeness (QED) is 0.0404. The van der Waals surface area contributed by atoms with Crippen LogP contribution in [0.15, 0.2) is 180 Å². The van der Waals surface area contributed by atoms with Crippen LogP contribution in [0.1, 0.15) is 73.0 Å². The van der Waals surface area contributed by atoms with E-state index in [-0.39, 0.29) is 6.04 Å². The number of hydrogen-bond donors (Lipinski definition) is 7. The summed E-state index contributed by atoms with van der Waals surface area (Å²) in [6.45, 7) is 11.4. The zero-order chi connectivity index (χ0) is 43.8. The lowest BCUT2D eigenvalue weighted by molar-refractivity contribution is 0.646. The SMILES string of the molecule is CC/C=C(/N=C(/Nc1ccn[nH]1)c1ccccc1C)NC(C)c1ccc2ccccc2c1.CC/C=C(/N=C(/Nc1ccn[nH]1)c1ccccc1C)NCCc1c[nH]c2ccccc12. The van der Waals surface area contributed by atoms with Crippen molar-refractivity contribution in [3.8, 4) is 0 Å². The summed E-state index contributed by atoms with van der Waals surface area (Å²) in [5.41, 5.74) is 8.10. The van der Waals surface area contributed by atoms with Gasteiger partial charge in [0.05, 0.1) is 12.4 Å². The number of aromatic amines is 3. The minimum Gasteiger partial charge on any atom is -0.370 e. The van der Waals surface area contributed by atoms with E-state index in [9.17, 15) is 0 Å². The van der Waals surface area contributed by atoms with Crippen LogP contribution in [0.2, 0.25) is 0 Å². The highest BCUT2D eigenvalue weighted by molar-refractivity contribution is 6.10. The number of aromatic nitrogens is 5. The van der Waals surface area contributed by atoms with Crippen molar-refractivity contribution in [3.05, 3.63) is 203 Å². The fourth-order valence-corrected chi connectivity index (χ4v) is 7.26. The summed E-state index contributed by atoms with van der Waals surface area (Å²) >= 11 is 0. The second kappa shape index (κ2) is 21.7. The van der Waals surface area contributed by atoms with Crippen molar-refractivity contribution in [2.45, 2.75) is 59.9 Å². The molecule has 0 saturated heterocycles. The predicted molar refractivity (Wildman–Crippen MR) is 262 cm³/mol. The molecular formula is C52H57N11. The van der Waals surface area contributed by atoms with E-state index in [0.717, 1.165) is 83.0 Å². The molecule has 8 rings (SSSR count). The Balaban J connectivity index is 0.000000189. The summed E-state index contributed by atoms with van der Waals surface area (Å²) in [5, 5.41) is 31.7. The molecule has 3 heterocycles. The van der Waals surface area contributed by atoms with Crippen LogP contribution in [-0.2, 0) is 6.42 Å². The molecule has 11 heteroatoms. The number of nitrogens with one attached hydrogen (secondary N) is 7. The number of H-pyrrole nitrogens is 3. The number of amidine groups is 2. The number of aryl methyl sites for hydroxylation is 2. The van der Waals surface area contributed by atoms with Crippen molar-refractivity contribution in [1.82, 2.24) is 36.0 Å². The lowest BCUT2D eigenvalue weighted by Gasteiger charge is -2.18. The summed E-state index contributed by atoms with van der Waals surface area (Å²) in [7, 11) is 0. The minimum absolute atomic E-state index is 0.103. The molecule has 7 N–H and O–H groups in total. The van der Waals surface area contributed by atoms with Crippen molar-refractivity contribution in [1.29, 1.82) is 0 Å². The Hall–Kier alpha value is -7.66. The fraction of sp³-hybridized carbons (Fsp3) is 0.192. The fourth-order valence-electron chi connectivity index (χ4n) is 7.26. The third kappa shape index (κ3) is 11.8. The van der Waals surface area contributed by atoms with Crippen LogP contribution in [0, 0.1) is 13.8 Å². The number of anilines is 2. The molecule has 0 fully saturated rings. The largest absolute Gasteiger partial charge is 0.370 e. The maximum atomic E-state index is 5.01. The van der Waals surface area contributed by atoms with E-state index >= 15 is 0 Å². The molecule has 0 aliphatic carbocycles. The number of hydrogen-bond acceptors (Lipinski definition) is 6. The third-order valence-electron chi connectivity index (χ3n) is 10.6. The molecule has 0 radical (unpaired) electrons. The number of para-hydroxylation sites is 1. The molecule has 0 bridgehead atoms. The molecule has 0 aliphatic rings. The zero-order valence-electron chi connectivity index (χ0n) is 36.7. The monoisotopic (exact) mass is 835 g/mol. The van der Waals surface area contributed by atoms with Crippen molar-refractivity contribution in [3.63, 3.8) is 0 Å². The first-order chi connectivity index (χ1) is 30.9. The molecule has 5 aromatic carbocycles. The van der Waals surface area contributed by atoms with Crippen LogP contribution >= 0.6 is 0 Å². The smallest absolute Gasteiger partial charge is 0.141 e. The standard InChI is InChI=1S/C27H29N5.C25H28N6/c1-4-9-25(29-20(3)22-15-14-21-11-6-7-12-23(21)18-22)30-27(31-26-16-17-28-32-26)24-13-8-5-10-19(24)2;1-3-8-23(26-15-13-19-17-27-22-12-7-6-11-21(19)22)29-25(30-24-14-16-28-31-24)20-10-5-4-9-18(20)2/h5-18,20,29H,4H2,1-3H3,(H2,28,30,31,32);4-12,14,16-17,26-27H,3,13,15H2,1-2H3,(H2,28,29,30,31)/b25-9+;23-8+. The van der Waals surface area contributed by atoms with Crippen LogP contribution < -0.4 is 21.3 Å². The summed E-state index contributed by atoms with van der Waals surface area (Å²) in [4.78, 5) is 13.3. The van der Waals surface area contributed by atoms with E-state index in [4.69, 9.17) is 9.98 Å². The Bertz CT molecular complexity index is 2810. The lowest BCUT2D eigenvalue weighted by Crippen LogP contribution is -2.21. The summed E-state index contributed by atoms with van der Waals surface area (Å²) in [6.07, 6.45) is 12.4. The molecule has 3 aromatic heterocycles. The van der Waals surface area contributed by atoms with Gasteiger partial charge >= 0.3 is 0 Å². The van der Waals surface area contributed by atoms with Crippen LogP contribution in [-0.4, -0.2) is 43.6 Å². The predicted octanol–water partition coefficient (Wildman–Crippen LogP) is 11.5. The van der Waals surface area contributed by atoms with E-state index in [2.05, 4.69) is 191 Å². The maximum absolute atomic E-state index is 5.01. The van der Waals surface area contributed by atoms with Gasteiger partial charge in [0.15, 0.2) is 0 Å². The molecule has 8 aromatic rings. The number of fused-ring (bicyclic) bond motifs is 2. The van der Waals surface area contributed by atoms with Gasteiger partial charge in [0.1, 0.15) is 34.9 Å². The summed E-state index contributed by atoms with van der Waals surface area (Å²) in [6, 6.07) is 43.8. The minimum atomic E-state index is 0.103. The van der Waals surface area contributed by atoms with Crippen LogP contribution in [0.5, 0.6) is 0 Å². The van der Waals surface area contributed by atoms with Crippen molar-refractivity contribution < 1.29 is 0 Å². The zero-order valence-corrected chi connectivity index (χ0v) is 36.7. The number of nitrogens with zero attached hydrogens (tertiary/aromatic N) is 4. The van der Waals surface area contributed by atoms with Gasteiger partial charge in [-0.15, -0.1) is 0 Å². The van der Waals surface area contributed by atoms with E-state index in [1.54, 1.807) is 12.4 Å². The first kappa shape index (κ1) is 43.4. The van der Waals surface area contributed by atoms with Gasteiger partial charge in [0, 0.05) is 52.9 Å². The Labute approximate surface area is 370 Å². The number of aliphatic imine (C=N–C) groups is 2. The van der Waals surface area contributed by atoms with E-state index in [0.29, 0.717) is 0 Å². The third-order valence-corrected chi connectivity index (χ3v) is 10.6. The van der Waals surface area contributed by atoms with Gasteiger partial charge < -0.3 is 26.3 Å². The van der Waals surface area contributed by atoms with E-state index in [1.807, 2.05) is 36.4 Å². The summed E-state index contributed by atoms with van der Waals surface area (Å²) < 4.78 is 0. The van der Waals surface area contributed by atoms with E-state index < -0.39 is 0 Å². The second-order valence-electron chi connectivity index (χ2n) is 15.2. The number of rotatable bonds is 15. The molecule has 0 saturated carbocycles. The van der Waals surface area contributed by atoms with Gasteiger partial charge in [-0.3, -0.25) is 10.2 Å². The molecule has 63 heavy (non-hydrogen) atoms. The van der Waals surface area contributed by atoms with E-state index in [1.165, 1.54) is 32.8 Å². The molecule has 0 amide bonds. The van der Waals surface area contributed by atoms with Gasteiger partial charge in [0.2, 0.25) is 0 Å². The van der Waals surface area contributed by atoms with Crippen LogP contribution in [0.4, 0.5) is 11.6 Å². The topological polar surface area (TPSA) is 146 Å². The molecule has 0 aliphatic heterocycles. The normalized spacial score (nSPS) is 12.8. The first-order valence-electron chi connectivity index (χ1n) is 21.6. The van der Waals surface area contributed by atoms with Gasteiger partial charge in [-0.25, -0.2) is 9.98 Å². The molecule has 11 nitrogen and oxygen atoms in total. The Morgan fingerprint density at radius 1 is 0.651 bits per heavy atom. The van der Waals surface area contributed by atoms with Crippen LogP contribution in [0.3, 0.4) is 0 Å². The molecule has 1 unspecified atom stereocenters. The molecular weight excluding hydrogens is 779 g/mol. The average Bonchev–Trinajstić information content (AvgIpc) is 4.11.